The van der Waals surface area contributed by atoms with Crippen molar-refractivity contribution in [2.24, 2.45) is 0 Å². The first kappa shape index (κ1) is 45.0. The van der Waals surface area contributed by atoms with Gasteiger partial charge in [0.25, 0.3) is 0 Å². The Morgan fingerprint density at radius 3 is 2.20 bits per heavy atom. The van der Waals surface area contributed by atoms with Gasteiger partial charge in [-0.25, -0.2) is 19.0 Å². The standard InChI is InChI=1S/C39H58N7O9P/c1-2-3-4-5-6-7-8-9-10-11-12-13-14-15-16-17-22-51-25-31(54-35-23-30(24-40)20-21-43-35)26-52-56(49,50)53-27-33-36(47)37(48)39(28-41,55-33)34-19-18-32-38(42)44-29-45-46(32)34/h18-21,23,29,31,33,36-37,47-48H,2-17,22,25-27H2,1H3,(H,49,50)(H2,42,44,45)/t31-,33-,36-,37-,39+/m1/s1. The van der Waals surface area contributed by atoms with Crippen LogP contribution in [0.4, 0.5) is 5.82 Å². The second kappa shape index (κ2) is 23.5. The van der Waals surface area contributed by atoms with Gasteiger partial charge in [-0.3, -0.25) is 9.05 Å². The molecule has 3 aromatic rings. The predicted molar refractivity (Wildman–Crippen MR) is 207 cm³/mol. The average Bonchev–Trinajstić information content (AvgIpc) is 3.75. The number of phosphoric acid groups is 1. The molecule has 308 valence electrons. The number of aliphatic hydroxyl groups excluding tert-OH is 2. The Balaban J connectivity index is 1.18. The van der Waals surface area contributed by atoms with E-state index in [-0.39, 0.29) is 24.0 Å². The van der Waals surface area contributed by atoms with E-state index in [9.17, 15) is 30.2 Å². The summed E-state index contributed by atoms with van der Waals surface area (Å²) in [5, 5.41) is 45.2. The number of ether oxygens (including phenoxy) is 3. The number of pyridine rings is 1. The van der Waals surface area contributed by atoms with Crippen molar-refractivity contribution < 1.29 is 42.9 Å². The van der Waals surface area contributed by atoms with Crippen LogP contribution in [0.5, 0.6) is 5.88 Å². The van der Waals surface area contributed by atoms with Gasteiger partial charge in [0.15, 0.2) is 5.82 Å². The Morgan fingerprint density at radius 2 is 1.57 bits per heavy atom. The van der Waals surface area contributed by atoms with Crippen molar-refractivity contribution >= 4 is 19.2 Å². The Morgan fingerprint density at radius 1 is 0.929 bits per heavy atom. The molecular weight excluding hydrogens is 741 g/mol. The van der Waals surface area contributed by atoms with E-state index in [1.165, 1.54) is 118 Å². The molecular formula is C39H58N7O9P. The van der Waals surface area contributed by atoms with Gasteiger partial charge in [0.1, 0.15) is 42.3 Å². The second-order valence-electron chi connectivity index (χ2n) is 14.3. The van der Waals surface area contributed by atoms with Crippen LogP contribution >= 0.6 is 7.82 Å². The second-order valence-corrected chi connectivity index (χ2v) is 15.7. The van der Waals surface area contributed by atoms with Gasteiger partial charge in [-0.15, -0.1) is 0 Å². The number of rotatable bonds is 28. The fourth-order valence-electron chi connectivity index (χ4n) is 6.73. The zero-order valence-corrected chi connectivity index (χ0v) is 33.3. The van der Waals surface area contributed by atoms with E-state index in [1.807, 2.05) is 12.1 Å². The molecule has 0 aromatic carbocycles. The van der Waals surface area contributed by atoms with Crippen molar-refractivity contribution in [2.75, 3.05) is 32.2 Å². The van der Waals surface area contributed by atoms with Gasteiger partial charge in [-0.1, -0.05) is 103 Å². The molecule has 0 bridgehead atoms. The molecule has 0 aliphatic carbocycles. The van der Waals surface area contributed by atoms with Crippen LogP contribution in [0, 0.1) is 22.7 Å². The van der Waals surface area contributed by atoms with Gasteiger partial charge in [0.2, 0.25) is 11.5 Å². The number of aliphatic hydroxyl groups is 2. The molecule has 1 fully saturated rings. The lowest BCUT2D eigenvalue weighted by Gasteiger charge is -2.24. The predicted octanol–water partition coefficient (Wildman–Crippen LogP) is 6.28. The van der Waals surface area contributed by atoms with Gasteiger partial charge in [0.05, 0.1) is 37.1 Å². The van der Waals surface area contributed by atoms with Gasteiger partial charge < -0.3 is 35.1 Å². The van der Waals surface area contributed by atoms with Crippen molar-refractivity contribution in [2.45, 2.75) is 140 Å². The first-order valence-corrected chi connectivity index (χ1v) is 21.4. The van der Waals surface area contributed by atoms with E-state index in [4.69, 9.17) is 29.0 Å². The molecule has 0 spiro atoms. The first-order chi connectivity index (χ1) is 27.1. The highest BCUT2D eigenvalue weighted by Gasteiger charge is 2.58. The van der Waals surface area contributed by atoms with Crippen LogP contribution in [0.2, 0.25) is 0 Å². The number of aromatic nitrogens is 4. The summed E-state index contributed by atoms with van der Waals surface area (Å²) in [6.45, 7) is 1.53. The molecule has 56 heavy (non-hydrogen) atoms. The average molecular weight is 800 g/mol. The molecule has 4 heterocycles. The lowest BCUT2D eigenvalue weighted by molar-refractivity contribution is -0.0652. The van der Waals surface area contributed by atoms with E-state index < -0.39 is 51.1 Å². The zero-order valence-electron chi connectivity index (χ0n) is 32.4. The largest absolute Gasteiger partial charge is 0.472 e. The number of fused-ring (bicyclic) bond motifs is 1. The molecule has 5 N–H and O–H groups in total. The third-order valence-electron chi connectivity index (χ3n) is 9.91. The van der Waals surface area contributed by atoms with Crippen LogP contribution in [-0.4, -0.2) is 85.5 Å². The molecule has 3 aromatic heterocycles. The Kier molecular flexibility index (Phi) is 18.9. The van der Waals surface area contributed by atoms with Crippen LogP contribution < -0.4 is 10.5 Å². The molecule has 1 aliphatic rings. The smallest absolute Gasteiger partial charge is 0.469 e. The minimum atomic E-state index is -4.81. The van der Waals surface area contributed by atoms with E-state index in [0.717, 1.165) is 25.6 Å². The number of hydrogen-bond donors (Lipinski definition) is 4. The van der Waals surface area contributed by atoms with Crippen molar-refractivity contribution in [3.63, 3.8) is 0 Å². The Labute approximate surface area is 329 Å². The van der Waals surface area contributed by atoms with Gasteiger partial charge >= 0.3 is 7.82 Å². The van der Waals surface area contributed by atoms with Crippen molar-refractivity contribution in [1.82, 2.24) is 19.6 Å². The summed E-state index contributed by atoms with van der Waals surface area (Å²) in [6, 6.07) is 9.83. The highest BCUT2D eigenvalue weighted by molar-refractivity contribution is 7.47. The topological polar surface area (TPSA) is 241 Å². The summed E-state index contributed by atoms with van der Waals surface area (Å²) in [5.41, 5.74) is 4.51. The summed E-state index contributed by atoms with van der Waals surface area (Å²) in [5.74, 6) is 0.221. The number of nitrogens with zero attached hydrogens (tertiary/aromatic N) is 6. The number of phosphoric ester groups is 1. The normalized spacial score (nSPS) is 21.1. The summed E-state index contributed by atoms with van der Waals surface area (Å²) in [6.07, 6.45) is 17.0. The van der Waals surface area contributed by atoms with Crippen LogP contribution in [0.1, 0.15) is 121 Å². The summed E-state index contributed by atoms with van der Waals surface area (Å²) in [4.78, 5) is 18.6. The molecule has 17 heteroatoms. The molecule has 0 saturated carbocycles. The zero-order chi connectivity index (χ0) is 40.2. The summed E-state index contributed by atoms with van der Waals surface area (Å²) < 4.78 is 42.2. The minimum Gasteiger partial charge on any atom is -0.469 e. The fraction of sp³-hybridized carbons (Fsp3) is 0.667. The first-order valence-electron chi connectivity index (χ1n) is 19.9. The van der Waals surface area contributed by atoms with E-state index >= 15 is 0 Å². The lowest BCUT2D eigenvalue weighted by Crippen LogP contribution is -2.41. The molecule has 1 unspecified atom stereocenters. The third kappa shape index (κ3) is 13.5. The number of unbranched alkanes of at least 4 members (excludes halogenated alkanes) is 15. The molecule has 1 aliphatic heterocycles. The quantitative estimate of drug-likeness (QED) is 0.0467. The number of anilines is 1. The van der Waals surface area contributed by atoms with Crippen LogP contribution in [0.3, 0.4) is 0 Å². The Hall–Kier alpha value is -3.70. The minimum absolute atomic E-state index is 0.00211. The number of hydrogen-bond acceptors (Lipinski definition) is 14. The molecule has 4 rings (SSSR count). The molecule has 1 saturated heterocycles. The Bertz CT molecular complexity index is 1750. The van der Waals surface area contributed by atoms with Gasteiger partial charge in [-0.2, -0.15) is 15.6 Å². The molecule has 16 nitrogen and oxygen atoms in total. The van der Waals surface area contributed by atoms with Crippen molar-refractivity contribution in [3.05, 3.63) is 48.0 Å². The molecule has 6 atom stereocenters. The maximum absolute atomic E-state index is 13.0. The summed E-state index contributed by atoms with van der Waals surface area (Å²) in [7, 11) is -4.81. The number of nitrogens with two attached hydrogens (primary N) is 1. The lowest BCUT2D eigenvalue weighted by atomic mass is 9.92. The maximum atomic E-state index is 13.0. The maximum Gasteiger partial charge on any atom is 0.472 e. The highest BCUT2D eigenvalue weighted by atomic mass is 31.2. The van der Waals surface area contributed by atoms with E-state index in [2.05, 4.69) is 22.0 Å². The summed E-state index contributed by atoms with van der Waals surface area (Å²) >= 11 is 0. The van der Waals surface area contributed by atoms with Crippen LogP contribution in [0.15, 0.2) is 36.8 Å². The highest BCUT2D eigenvalue weighted by Crippen LogP contribution is 2.46. The molecule has 0 amide bonds. The van der Waals surface area contributed by atoms with Crippen molar-refractivity contribution in [3.8, 4) is 18.0 Å². The monoisotopic (exact) mass is 799 g/mol. The SMILES string of the molecule is CCCCCCCCCCCCCCCCCCOC[C@H](COP(=O)(O)OC[C@H]1O[C@@](C#N)(c2ccc3c(N)ncnn23)[C@H](O)[C@@H]1O)Oc1cc(C#N)ccn1. The van der Waals surface area contributed by atoms with Crippen molar-refractivity contribution in [1.29, 1.82) is 10.5 Å². The van der Waals surface area contributed by atoms with Crippen LogP contribution in [-0.2, 0) is 28.7 Å². The van der Waals surface area contributed by atoms with E-state index in [1.54, 1.807) is 0 Å². The molecule has 0 radical (unpaired) electrons. The van der Waals surface area contributed by atoms with Gasteiger partial charge in [0, 0.05) is 18.9 Å². The third-order valence-corrected chi connectivity index (χ3v) is 10.9. The number of nitriles is 2. The fourth-order valence-corrected chi connectivity index (χ4v) is 7.49. The van der Waals surface area contributed by atoms with Gasteiger partial charge in [-0.05, 0) is 24.6 Å². The van der Waals surface area contributed by atoms with E-state index in [0.29, 0.717) is 17.7 Å². The van der Waals surface area contributed by atoms with Crippen LogP contribution in [0.25, 0.3) is 5.52 Å². The number of nitrogen functional groups attached to an aromatic ring is 1.